The van der Waals surface area contributed by atoms with Gasteiger partial charge in [0.2, 0.25) is 0 Å². The van der Waals surface area contributed by atoms with E-state index in [1.807, 2.05) is 5.38 Å². The summed E-state index contributed by atoms with van der Waals surface area (Å²) in [7, 11) is 0. The topological polar surface area (TPSA) is 26.3 Å². The number of thiol groups is 1. The molecular formula is C4H5LiO2S2. The molecule has 0 aliphatic rings. The van der Waals surface area contributed by atoms with Gasteiger partial charge in [-0.3, -0.25) is 0 Å². The fourth-order valence-electron chi connectivity index (χ4n) is 0.347. The Morgan fingerprint density at radius 1 is 1.67 bits per heavy atom. The normalized spacial score (nSPS) is 8.00. The molecule has 0 atom stereocenters. The molecule has 0 aliphatic heterocycles. The maximum atomic E-state index is 9.75. The molecule has 0 fully saturated rings. The summed E-state index contributed by atoms with van der Waals surface area (Å²) in [5.41, 5.74) is 0. The van der Waals surface area contributed by atoms with E-state index in [0.717, 1.165) is 0 Å². The van der Waals surface area contributed by atoms with Gasteiger partial charge in [0.1, 0.15) is 0 Å². The first kappa shape index (κ1) is 9.25. The van der Waals surface area contributed by atoms with Gasteiger partial charge in [0.05, 0.1) is 0 Å². The molecule has 1 heterocycles. The van der Waals surface area contributed by atoms with Crippen molar-refractivity contribution in [3.63, 3.8) is 0 Å². The fourth-order valence-corrected chi connectivity index (χ4v) is 1.17. The van der Waals surface area contributed by atoms with Gasteiger partial charge < -0.3 is 4.18 Å². The summed E-state index contributed by atoms with van der Waals surface area (Å²) >= 11 is 1.22. The van der Waals surface area contributed by atoms with Gasteiger partial charge in [-0.2, -0.15) is 0 Å². The van der Waals surface area contributed by atoms with Gasteiger partial charge in [0.25, 0.3) is 0 Å². The van der Waals surface area contributed by atoms with E-state index in [1.54, 1.807) is 11.4 Å². The molecule has 1 aromatic heterocycles. The van der Waals surface area contributed by atoms with Crippen LogP contribution in [0.3, 0.4) is 0 Å². The quantitative estimate of drug-likeness (QED) is 0.493. The Morgan fingerprint density at radius 3 is 2.89 bits per heavy atom. The second-order valence-corrected chi connectivity index (χ2v) is 2.24. The molecule has 0 saturated heterocycles. The van der Waals surface area contributed by atoms with E-state index in [2.05, 4.69) is 4.18 Å². The summed E-state index contributed by atoms with van der Waals surface area (Å²) < 4.78 is 14.3. The molecular weight excluding hydrogens is 151 g/mol. The molecule has 0 amide bonds. The molecule has 2 nitrogen and oxygen atoms in total. The summed E-state index contributed by atoms with van der Waals surface area (Å²) in [5.74, 6) is 0.659. The molecule has 0 N–H and O–H groups in total. The van der Waals surface area contributed by atoms with Crippen LogP contribution in [0, 0.1) is 0 Å². The summed E-state index contributed by atoms with van der Waals surface area (Å²) in [6.45, 7) is 0. The molecule has 0 aliphatic carbocycles. The van der Waals surface area contributed by atoms with Crippen molar-refractivity contribution in [2.75, 3.05) is 0 Å². The molecule has 1 aromatic rings. The number of hydrogen-bond acceptors (Lipinski definition) is 3. The third-order valence-electron chi connectivity index (χ3n) is 0.638. The van der Waals surface area contributed by atoms with Gasteiger partial charge in [0, 0.05) is 5.38 Å². The van der Waals surface area contributed by atoms with Crippen molar-refractivity contribution in [2.45, 2.75) is 0 Å². The molecule has 5 heteroatoms. The van der Waals surface area contributed by atoms with Crippen molar-refractivity contribution >= 4 is 42.1 Å². The Labute approximate surface area is 73.1 Å². The summed E-state index contributed by atoms with van der Waals surface area (Å²) in [5, 5.41) is 3.64. The van der Waals surface area contributed by atoms with Crippen LogP contribution in [-0.2, 0) is 11.9 Å². The summed E-state index contributed by atoms with van der Waals surface area (Å²) in [4.78, 5) is 0. The van der Waals surface area contributed by atoms with Crippen LogP contribution in [0.4, 0.5) is 0 Å². The number of hydrogen-bond donors (Lipinski definition) is 1. The first-order valence-electron chi connectivity index (χ1n) is 1.95. The zero-order valence-corrected chi connectivity index (χ0v) is 5.61. The summed E-state index contributed by atoms with van der Waals surface area (Å²) in [6.07, 6.45) is 0. The van der Waals surface area contributed by atoms with E-state index in [-0.39, 0.29) is 30.8 Å². The zero-order valence-electron chi connectivity index (χ0n) is 3.90. The van der Waals surface area contributed by atoms with Crippen molar-refractivity contribution in [3.8, 4) is 5.75 Å². The van der Waals surface area contributed by atoms with Crippen LogP contribution >= 0.6 is 11.3 Å². The van der Waals surface area contributed by atoms with Crippen LogP contribution in [0.1, 0.15) is 0 Å². The molecule has 0 spiro atoms. The van der Waals surface area contributed by atoms with E-state index in [0.29, 0.717) is 5.75 Å². The van der Waals surface area contributed by atoms with E-state index in [1.165, 1.54) is 11.3 Å². The SMILES string of the molecule is O=[SH]Oc1ccsc1.[LiH]. The second-order valence-electron chi connectivity index (χ2n) is 1.12. The molecule has 46 valence electrons. The Bertz CT molecular complexity index is 163. The van der Waals surface area contributed by atoms with Crippen molar-refractivity contribution in [2.24, 2.45) is 0 Å². The van der Waals surface area contributed by atoms with Crippen molar-refractivity contribution in [1.82, 2.24) is 0 Å². The average Bonchev–Trinajstić information content (AvgIpc) is 2.19. The van der Waals surface area contributed by atoms with Crippen LogP contribution < -0.4 is 4.18 Å². The molecule has 0 aromatic carbocycles. The predicted octanol–water partition coefficient (Wildman–Crippen LogP) is 0.339. The van der Waals surface area contributed by atoms with Gasteiger partial charge in [0.15, 0.2) is 17.7 Å². The van der Waals surface area contributed by atoms with E-state index in [9.17, 15) is 4.21 Å². The Morgan fingerprint density at radius 2 is 2.44 bits per heavy atom. The fraction of sp³-hybridized carbons (Fsp3) is 0. The number of rotatable bonds is 2. The van der Waals surface area contributed by atoms with Gasteiger partial charge in [-0.05, 0) is 11.4 Å². The second kappa shape index (κ2) is 5.07. The molecule has 0 saturated carbocycles. The molecule has 1 rings (SSSR count). The van der Waals surface area contributed by atoms with Crippen LogP contribution in [0.15, 0.2) is 16.8 Å². The predicted molar refractivity (Wildman–Crippen MR) is 41.6 cm³/mol. The molecule has 0 unspecified atom stereocenters. The maximum absolute atomic E-state index is 9.75. The van der Waals surface area contributed by atoms with Crippen LogP contribution in [-0.4, -0.2) is 23.1 Å². The average molecular weight is 156 g/mol. The van der Waals surface area contributed by atoms with Crippen LogP contribution in [0.5, 0.6) is 5.75 Å². The Kier molecular flexibility index (Phi) is 5.20. The Balaban J connectivity index is 0.000000640. The van der Waals surface area contributed by atoms with E-state index >= 15 is 0 Å². The zero-order chi connectivity index (χ0) is 5.82. The number of thiophene rings is 1. The first-order chi connectivity index (χ1) is 3.93. The monoisotopic (exact) mass is 156 g/mol. The van der Waals surface area contributed by atoms with Crippen molar-refractivity contribution in [3.05, 3.63) is 16.8 Å². The van der Waals surface area contributed by atoms with Crippen molar-refractivity contribution < 1.29 is 8.39 Å². The van der Waals surface area contributed by atoms with Gasteiger partial charge in [-0.15, -0.1) is 11.3 Å². The molecule has 0 radical (unpaired) electrons. The van der Waals surface area contributed by atoms with Gasteiger partial charge in [-0.25, -0.2) is 4.21 Å². The third kappa shape index (κ3) is 3.07. The third-order valence-corrected chi connectivity index (χ3v) is 1.58. The minimum absolute atomic E-state index is 0. The van der Waals surface area contributed by atoms with Crippen LogP contribution in [0.2, 0.25) is 0 Å². The van der Waals surface area contributed by atoms with Gasteiger partial charge >= 0.3 is 18.9 Å². The van der Waals surface area contributed by atoms with E-state index < -0.39 is 0 Å². The van der Waals surface area contributed by atoms with Crippen LogP contribution in [0.25, 0.3) is 0 Å². The minimum atomic E-state index is -0.288. The Hall–Kier alpha value is 0.247. The molecule has 0 bridgehead atoms. The first-order valence-corrected chi connectivity index (χ1v) is 3.62. The van der Waals surface area contributed by atoms with E-state index in [4.69, 9.17) is 0 Å². The van der Waals surface area contributed by atoms with Gasteiger partial charge in [-0.1, -0.05) is 0 Å². The standard InChI is InChI=1S/C4H4O2S2.Li.H/c5-8-6-4-1-2-7-3-4;;/h1-3,8H;;. The van der Waals surface area contributed by atoms with Crippen molar-refractivity contribution in [1.29, 1.82) is 0 Å². The molecule has 9 heavy (non-hydrogen) atoms. The summed E-state index contributed by atoms with van der Waals surface area (Å²) in [6, 6.07) is 1.76.